The second kappa shape index (κ2) is 11.2. The number of rotatable bonds is 8. The van der Waals surface area contributed by atoms with Crippen LogP contribution in [0.2, 0.25) is 10.0 Å². The number of aliphatic imine (C=N–C) groups is 1. The smallest absolute Gasteiger partial charge is 0.242 e. The van der Waals surface area contributed by atoms with E-state index in [-0.39, 0.29) is 23.3 Å². The van der Waals surface area contributed by atoms with Crippen molar-refractivity contribution in [2.75, 3.05) is 25.6 Å². The zero-order chi connectivity index (χ0) is 23.3. The van der Waals surface area contributed by atoms with Crippen LogP contribution < -0.4 is 5.32 Å². The SMILES string of the molecule is COCCCN1C(=O)C(CC(=O)Nc2cccc(Cl)c2Cl)SC1=Nc1ccc(C)c(C)c1. The fourth-order valence-electron chi connectivity index (χ4n) is 3.17. The Morgan fingerprint density at radius 3 is 2.72 bits per heavy atom. The molecule has 3 rings (SSSR count). The number of ether oxygens (including phenoxy) is 1. The predicted octanol–water partition coefficient (Wildman–Crippen LogP) is 5.61. The maximum Gasteiger partial charge on any atom is 0.242 e. The van der Waals surface area contributed by atoms with Crippen LogP contribution in [0.3, 0.4) is 0 Å². The highest BCUT2D eigenvalue weighted by Gasteiger charge is 2.39. The first kappa shape index (κ1) is 24.6. The van der Waals surface area contributed by atoms with E-state index in [1.807, 2.05) is 32.0 Å². The van der Waals surface area contributed by atoms with Crippen molar-refractivity contribution < 1.29 is 14.3 Å². The minimum absolute atomic E-state index is 0.000927. The van der Waals surface area contributed by atoms with Crippen LogP contribution in [0, 0.1) is 13.8 Å². The number of anilines is 1. The molecule has 1 saturated heterocycles. The molecule has 6 nitrogen and oxygen atoms in total. The van der Waals surface area contributed by atoms with Gasteiger partial charge in [0.25, 0.3) is 0 Å². The van der Waals surface area contributed by atoms with Crippen molar-refractivity contribution in [3.8, 4) is 0 Å². The van der Waals surface area contributed by atoms with Crippen molar-refractivity contribution in [1.29, 1.82) is 0 Å². The Kier molecular flexibility index (Phi) is 8.59. The normalized spacial score (nSPS) is 17.3. The van der Waals surface area contributed by atoms with E-state index in [0.717, 1.165) is 11.3 Å². The molecular weight excluding hydrogens is 469 g/mol. The summed E-state index contributed by atoms with van der Waals surface area (Å²) in [7, 11) is 1.62. The monoisotopic (exact) mass is 493 g/mol. The van der Waals surface area contributed by atoms with Gasteiger partial charge in [-0.15, -0.1) is 0 Å². The minimum Gasteiger partial charge on any atom is -0.385 e. The van der Waals surface area contributed by atoms with Gasteiger partial charge in [0, 0.05) is 26.7 Å². The molecule has 1 fully saturated rings. The second-order valence-electron chi connectivity index (χ2n) is 7.46. The van der Waals surface area contributed by atoms with Crippen LogP contribution >= 0.6 is 35.0 Å². The van der Waals surface area contributed by atoms with Crippen LogP contribution in [0.15, 0.2) is 41.4 Å². The number of carbonyl (C=O) groups excluding carboxylic acids is 2. The fraction of sp³-hybridized carbons (Fsp3) is 0.348. The number of nitrogens with one attached hydrogen (secondary N) is 1. The van der Waals surface area contributed by atoms with E-state index in [9.17, 15) is 9.59 Å². The van der Waals surface area contributed by atoms with Gasteiger partial charge in [-0.3, -0.25) is 14.5 Å². The van der Waals surface area contributed by atoms with Crippen molar-refractivity contribution in [2.24, 2.45) is 4.99 Å². The van der Waals surface area contributed by atoms with Gasteiger partial charge in [-0.25, -0.2) is 4.99 Å². The summed E-state index contributed by atoms with van der Waals surface area (Å²) in [6, 6.07) is 10.9. The Hall–Kier alpha value is -2.06. The zero-order valence-electron chi connectivity index (χ0n) is 18.2. The van der Waals surface area contributed by atoms with Gasteiger partial charge >= 0.3 is 0 Å². The van der Waals surface area contributed by atoms with E-state index in [1.165, 1.54) is 17.3 Å². The van der Waals surface area contributed by atoms with Crippen LogP contribution in [0.5, 0.6) is 0 Å². The van der Waals surface area contributed by atoms with Crippen LogP contribution in [-0.4, -0.2) is 47.4 Å². The summed E-state index contributed by atoms with van der Waals surface area (Å²) in [6.45, 7) is 5.07. The number of nitrogens with zero attached hydrogens (tertiary/aromatic N) is 2. The quantitative estimate of drug-likeness (QED) is 0.485. The summed E-state index contributed by atoms with van der Waals surface area (Å²) in [5, 5.41) is 3.39. The van der Waals surface area contributed by atoms with Gasteiger partial charge in [0.05, 0.1) is 21.4 Å². The van der Waals surface area contributed by atoms with Crippen molar-refractivity contribution in [3.63, 3.8) is 0 Å². The molecule has 1 unspecified atom stereocenters. The number of hydrogen-bond donors (Lipinski definition) is 1. The highest BCUT2D eigenvalue weighted by atomic mass is 35.5. The number of hydrogen-bond acceptors (Lipinski definition) is 5. The standard InChI is InChI=1S/C23H25Cl2N3O3S/c1-14-8-9-16(12-15(14)2)26-23-28(10-5-11-31-3)22(30)19(32-23)13-20(29)27-18-7-4-6-17(24)21(18)25/h4,6-9,12,19H,5,10-11,13H2,1-3H3,(H,27,29). The Bertz CT molecular complexity index is 1050. The van der Waals surface area contributed by atoms with Crippen LogP contribution in [0.1, 0.15) is 24.0 Å². The molecule has 0 radical (unpaired) electrons. The molecule has 2 aromatic rings. The first-order chi connectivity index (χ1) is 15.3. The van der Waals surface area contributed by atoms with Crippen molar-refractivity contribution in [2.45, 2.75) is 31.9 Å². The summed E-state index contributed by atoms with van der Waals surface area (Å²) in [5.74, 6) is -0.453. The molecule has 0 spiro atoms. The number of halogens is 2. The number of benzene rings is 2. The van der Waals surface area contributed by atoms with Gasteiger partial charge in [0.2, 0.25) is 11.8 Å². The second-order valence-corrected chi connectivity index (χ2v) is 9.41. The van der Waals surface area contributed by atoms with Crippen LogP contribution in [0.25, 0.3) is 0 Å². The number of thioether (sulfide) groups is 1. The van der Waals surface area contributed by atoms with Crippen molar-refractivity contribution in [1.82, 2.24) is 4.90 Å². The maximum atomic E-state index is 13.1. The lowest BCUT2D eigenvalue weighted by atomic mass is 10.1. The molecule has 1 heterocycles. The van der Waals surface area contributed by atoms with E-state index in [0.29, 0.717) is 35.5 Å². The molecule has 1 aliphatic heterocycles. The van der Waals surface area contributed by atoms with E-state index in [4.69, 9.17) is 32.9 Å². The lowest BCUT2D eigenvalue weighted by Crippen LogP contribution is -2.34. The topological polar surface area (TPSA) is 71.0 Å². The molecule has 9 heteroatoms. The highest BCUT2D eigenvalue weighted by molar-refractivity contribution is 8.15. The Morgan fingerprint density at radius 1 is 1.22 bits per heavy atom. The molecule has 170 valence electrons. The summed E-state index contributed by atoms with van der Waals surface area (Å²) in [6.07, 6.45) is 0.671. The summed E-state index contributed by atoms with van der Waals surface area (Å²) in [5.41, 5.74) is 3.49. The van der Waals surface area contributed by atoms with Gasteiger partial charge in [-0.2, -0.15) is 0 Å². The van der Waals surface area contributed by atoms with Crippen LogP contribution in [-0.2, 0) is 14.3 Å². The van der Waals surface area contributed by atoms with E-state index in [2.05, 4.69) is 5.32 Å². The first-order valence-corrected chi connectivity index (χ1v) is 11.8. The first-order valence-electron chi connectivity index (χ1n) is 10.2. The Labute approximate surface area is 202 Å². The van der Waals surface area contributed by atoms with E-state index < -0.39 is 5.25 Å². The fourth-order valence-corrected chi connectivity index (χ4v) is 4.71. The third kappa shape index (κ3) is 6.04. The van der Waals surface area contributed by atoms with Crippen molar-refractivity contribution >= 4 is 63.3 Å². The molecular formula is C23H25Cl2N3O3S. The largest absolute Gasteiger partial charge is 0.385 e. The van der Waals surface area contributed by atoms with E-state index in [1.54, 1.807) is 30.2 Å². The molecule has 0 saturated carbocycles. The van der Waals surface area contributed by atoms with Crippen LogP contribution in [0.4, 0.5) is 11.4 Å². The number of carbonyl (C=O) groups is 2. The van der Waals surface area contributed by atoms with Gasteiger partial charge in [0.15, 0.2) is 5.17 Å². The van der Waals surface area contributed by atoms with Gasteiger partial charge in [-0.05, 0) is 55.7 Å². The molecule has 0 aliphatic carbocycles. The Balaban J connectivity index is 1.77. The number of amides is 2. The van der Waals surface area contributed by atoms with E-state index >= 15 is 0 Å². The number of amidine groups is 1. The third-order valence-corrected chi connectivity index (χ3v) is 7.06. The third-order valence-electron chi connectivity index (χ3n) is 5.06. The van der Waals surface area contributed by atoms with Gasteiger partial charge in [0.1, 0.15) is 5.25 Å². The number of methoxy groups -OCH3 is 1. The van der Waals surface area contributed by atoms with Crippen molar-refractivity contribution in [3.05, 3.63) is 57.6 Å². The van der Waals surface area contributed by atoms with Gasteiger partial charge < -0.3 is 10.1 Å². The highest BCUT2D eigenvalue weighted by Crippen LogP contribution is 2.33. The molecule has 2 aromatic carbocycles. The lowest BCUT2D eigenvalue weighted by Gasteiger charge is -2.16. The lowest BCUT2D eigenvalue weighted by molar-refractivity contribution is -0.128. The molecule has 1 N–H and O–H groups in total. The summed E-state index contributed by atoms with van der Waals surface area (Å²) in [4.78, 5) is 32.1. The predicted molar refractivity (Wildman–Crippen MR) is 132 cm³/mol. The molecule has 0 aromatic heterocycles. The molecule has 0 bridgehead atoms. The Morgan fingerprint density at radius 2 is 2.00 bits per heavy atom. The maximum absolute atomic E-state index is 13.1. The minimum atomic E-state index is -0.569. The zero-order valence-corrected chi connectivity index (χ0v) is 20.5. The summed E-state index contributed by atoms with van der Waals surface area (Å²) < 4.78 is 5.13. The molecule has 1 atom stereocenters. The summed E-state index contributed by atoms with van der Waals surface area (Å²) >= 11 is 13.5. The molecule has 32 heavy (non-hydrogen) atoms. The number of aryl methyl sites for hydroxylation is 2. The molecule has 2 amide bonds. The average molecular weight is 494 g/mol. The average Bonchev–Trinajstić information content (AvgIpc) is 3.03. The molecule has 1 aliphatic rings. The van der Waals surface area contributed by atoms with Gasteiger partial charge in [-0.1, -0.05) is 47.1 Å².